The normalized spacial score (nSPS) is 20.2. The molecule has 3 aromatic heterocycles. The van der Waals surface area contributed by atoms with E-state index in [4.69, 9.17) is 9.97 Å². The molecule has 5 heterocycles. The van der Waals surface area contributed by atoms with Crippen LogP contribution >= 0.6 is 0 Å². The lowest BCUT2D eigenvalue weighted by molar-refractivity contribution is -0.138. The summed E-state index contributed by atoms with van der Waals surface area (Å²) in [5, 5.41) is 0. The highest BCUT2D eigenvalue weighted by Crippen LogP contribution is 2.46. The maximum absolute atomic E-state index is 12.9. The van der Waals surface area contributed by atoms with E-state index >= 15 is 0 Å². The van der Waals surface area contributed by atoms with E-state index in [1.807, 2.05) is 18.2 Å². The molecule has 3 aromatic rings. The predicted octanol–water partition coefficient (Wildman–Crippen LogP) is 6.72. The number of hydrogen-bond acceptors (Lipinski definition) is 4. The van der Waals surface area contributed by atoms with Crippen molar-refractivity contribution in [3.8, 4) is 0 Å². The fourth-order valence-corrected chi connectivity index (χ4v) is 6.12. The molecule has 0 amide bonds. The summed E-state index contributed by atoms with van der Waals surface area (Å²) in [6.45, 7) is 12.6. The molecule has 2 N–H and O–H groups in total. The second-order valence-corrected chi connectivity index (χ2v) is 10.9. The van der Waals surface area contributed by atoms with Gasteiger partial charge < -0.3 is 9.97 Å². The van der Waals surface area contributed by atoms with E-state index in [9.17, 15) is 9.59 Å². The van der Waals surface area contributed by atoms with Crippen molar-refractivity contribution < 1.29 is 9.59 Å². The summed E-state index contributed by atoms with van der Waals surface area (Å²) >= 11 is 0. The van der Waals surface area contributed by atoms with Gasteiger partial charge in [0, 0.05) is 22.1 Å². The van der Waals surface area contributed by atoms with Crippen molar-refractivity contribution >= 4 is 55.9 Å². The van der Waals surface area contributed by atoms with E-state index in [0.29, 0.717) is 0 Å². The topological polar surface area (TPSA) is 91.5 Å². The van der Waals surface area contributed by atoms with E-state index in [2.05, 4.69) is 69.7 Å². The molecule has 0 spiro atoms. The average Bonchev–Trinajstić information content (AvgIpc) is 3.56. The number of rotatable bonds is 0. The zero-order valence-electron chi connectivity index (χ0n) is 22.3. The van der Waals surface area contributed by atoms with Crippen LogP contribution in [0.1, 0.15) is 84.6 Å². The fourth-order valence-electron chi connectivity index (χ4n) is 6.12. The van der Waals surface area contributed by atoms with Gasteiger partial charge in [0.15, 0.2) is 0 Å². The van der Waals surface area contributed by atoms with Gasteiger partial charge >= 0.3 is 0 Å². The van der Waals surface area contributed by atoms with Gasteiger partial charge in [-0.25, -0.2) is 9.97 Å². The van der Waals surface area contributed by atoms with E-state index in [-0.39, 0.29) is 11.6 Å². The third-order valence-electron chi connectivity index (χ3n) is 8.97. The largest absolute Gasteiger partial charge is 0.355 e. The van der Waals surface area contributed by atoms with Gasteiger partial charge in [-0.3, -0.25) is 9.59 Å². The molecule has 0 fully saturated rings. The number of aryl methyl sites for hydroxylation is 2. The lowest BCUT2D eigenvalue weighted by atomic mass is 9.70. The van der Waals surface area contributed by atoms with Gasteiger partial charge in [0.05, 0.1) is 34.6 Å². The Morgan fingerprint density at radius 2 is 0.895 bits per heavy atom. The Balaban J connectivity index is 1.67. The lowest BCUT2D eigenvalue weighted by Gasteiger charge is -2.28. The molecule has 0 saturated carbocycles. The Bertz CT molecular complexity index is 1930. The van der Waals surface area contributed by atoms with Crippen LogP contribution in [0.3, 0.4) is 0 Å². The van der Waals surface area contributed by atoms with Gasteiger partial charge in [0.1, 0.15) is 0 Å². The minimum absolute atomic E-state index is 0.330. The summed E-state index contributed by atoms with van der Waals surface area (Å²) < 4.78 is 0. The minimum Gasteiger partial charge on any atom is -0.355 e. The fraction of sp³-hybridized carbons (Fsp3) is 0.250. The minimum atomic E-state index is -0.566. The van der Waals surface area contributed by atoms with Crippen molar-refractivity contribution in [3.05, 3.63) is 81.4 Å². The maximum Gasteiger partial charge on any atom is 0.210 e. The number of carbonyl (C=O) groups is 2. The molecule has 0 radical (unpaired) electrons. The summed E-state index contributed by atoms with van der Waals surface area (Å²) in [6, 6.07) is 8.29. The molecule has 6 nitrogen and oxygen atoms in total. The first-order valence-electron chi connectivity index (χ1n) is 13.0. The Kier molecular flexibility index (Phi) is 4.57. The lowest BCUT2D eigenvalue weighted by Crippen LogP contribution is -2.35. The number of H-pyrrole nitrogens is 2. The SMILES string of the molecule is CC1=C(C)c2cc3[nH]c(cc4[nH]c(cc5nc(cc1n2)C(C)=C5C)c1c4C2C=CC1C(=O)C2=O)c(C)c3C. The van der Waals surface area contributed by atoms with Crippen molar-refractivity contribution in [2.24, 2.45) is 0 Å². The molecular formula is C32H28N4O2. The van der Waals surface area contributed by atoms with Crippen molar-refractivity contribution in [1.29, 1.82) is 0 Å². The molecule has 2 aliphatic heterocycles. The van der Waals surface area contributed by atoms with E-state index < -0.39 is 11.8 Å². The van der Waals surface area contributed by atoms with Crippen LogP contribution < -0.4 is 0 Å². The van der Waals surface area contributed by atoms with Gasteiger partial charge in [0.2, 0.25) is 11.6 Å². The number of nitrogens with one attached hydrogen (secondary N) is 2. The molecule has 8 rings (SSSR count). The van der Waals surface area contributed by atoms with Crippen LogP contribution in [0.25, 0.3) is 44.4 Å². The predicted molar refractivity (Wildman–Crippen MR) is 151 cm³/mol. The van der Waals surface area contributed by atoms with Crippen LogP contribution in [0, 0.1) is 13.8 Å². The monoisotopic (exact) mass is 500 g/mol. The first-order valence-corrected chi connectivity index (χ1v) is 13.0. The first-order chi connectivity index (χ1) is 18.1. The molecule has 0 aromatic carbocycles. The molecule has 188 valence electrons. The molecule has 6 heteroatoms. The molecule has 38 heavy (non-hydrogen) atoms. The molecule has 0 saturated heterocycles. The van der Waals surface area contributed by atoms with Gasteiger partial charge in [-0.1, -0.05) is 12.2 Å². The molecular weight excluding hydrogens is 472 g/mol. The van der Waals surface area contributed by atoms with Crippen molar-refractivity contribution in [1.82, 2.24) is 19.9 Å². The Morgan fingerprint density at radius 3 is 1.39 bits per heavy atom. The van der Waals surface area contributed by atoms with E-state index in [0.717, 1.165) is 89.4 Å². The number of aromatic nitrogens is 4. The number of ketones is 2. The highest BCUT2D eigenvalue weighted by Gasteiger charge is 2.44. The number of nitrogens with zero attached hydrogens (tertiary/aromatic N) is 2. The van der Waals surface area contributed by atoms with Gasteiger partial charge in [-0.05, 0) is 110 Å². The number of fused-ring (bicyclic) bond motifs is 9. The standard InChI is InChI=1S/C32H28N4O2/c1-13-14(2)22-10-24-16(4)18(6)26(35-24)12-28-30-20-8-7-19(31(37)32(20)38)29(30)27(36-28)11-25-17(5)15(3)23(34-25)9-21(13)33-22/h7-12,19-20,34,36H,1-6H3. The molecule has 5 aliphatic rings. The second kappa shape index (κ2) is 7.60. The Labute approximate surface area is 220 Å². The van der Waals surface area contributed by atoms with Gasteiger partial charge in [0.25, 0.3) is 0 Å². The highest BCUT2D eigenvalue weighted by atomic mass is 16.2. The molecule has 2 atom stereocenters. The summed E-state index contributed by atoms with van der Waals surface area (Å²) in [5.41, 5.74) is 15.8. The quantitative estimate of drug-likeness (QED) is 0.265. The smallest absolute Gasteiger partial charge is 0.210 e. The maximum atomic E-state index is 12.9. The van der Waals surface area contributed by atoms with Gasteiger partial charge in [-0.15, -0.1) is 0 Å². The molecule has 3 aliphatic carbocycles. The van der Waals surface area contributed by atoms with Crippen LogP contribution in [-0.2, 0) is 9.59 Å². The van der Waals surface area contributed by atoms with Gasteiger partial charge in [-0.2, -0.15) is 0 Å². The third-order valence-corrected chi connectivity index (χ3v) is 8.97. The number of aromatic amines is 2. The van der Waals surface area contributed by atoms with Crippen LogP contribution in [0.15, 0.2) is 36.4 Å². The van der Waals surface area contributed by atoms with E-state index in [1.165, 1.54) is 0 Å². The summed E-state index contributed by atoms with van der Waals surface area (Å²) in [5.74, 6) is -1.79. The van der Waals surface area contributed by atoms with Crippen LogP contribution in [0.2, 0.25) is 0 Å². The van der Waals surface area contributed by atoms with Crippen molar-refractivity contribution in [2.75, 3.05) is 0 Å². The zero-order chi connectivity index (χ0) is 26.6. The average molecular weight is 501 g/mol. The van der Waals surface area contributed by atoms with Crippen molar-refractivity contribution in [3.63, 3.8) is 0 Å². The number of Topliss-reactive ketones (excluding diaryl/α,β-unsaturated/α-hetero) is 2. The number of allylic oxidation sites excluding steroid dienone is 6. The Morgan fingerprint density at radius 1 is 0.526 bits per heavy atom. The Hall–Kier alpha value is -4.32. The second-order valence-electron chi connectivity index (χ2n) is 10.9. The van der Waals surface area contributed by atoms with E-state index in [1.54, 1.807) is 0 Å². The van der Waals surface area contributed by atoms with Crippen LogP contribution in [0.5, 0.6) is 0 Å². The first kappa shape index (κ1) is 22.8. The summed E-state index contributed by atoms with van der Waals surface area (Å²) in [7, 11) is 0. The summed E-state index contributed by atoms with van der Waals surface area (Å²) in [4.78, 5) is 43.0. The number of hydrogen-bond donors (Lipinski definition) is 2. The summed E-state index contributed by atoms with van der Waals surface area (Å²) in [6.07, 6.45) is 3.76. The third kappa shape index (κ3) is 2.94. The highest BCUT2D eigenvalue weighted by molar-refractivity contribution is 6.44. The van der Waals surface area contributed by atoms with Crippen LogP contribution in [-0.4, -0.2) is 31.5 Å². The molecule has 2 unspecified atom stereocenters. The zero-order valence-corrected chi connectivity index (χ0v) is 22.3. The number of carbonyl (C=O) groups excluding carboxylic acids is 2. The van der Waals surface area contributed by atoms with Crippen molar-refractivity contribution in [2.45, 2.75) is 53.4 Å². The molecule has 10 bridgehead atoms. The van der Waals surface area contributed by atoms with Crippen LogP contribution in [0.4, 0.5) is 0 Å².